The van der Waals surface area contributed by atoms with E-state index in [1.54, 1.807) is 42.5 Å². The second kappa shape index (κ2) is 10.0. The predicted molar refractivity (Wildman–Crippen MR) is 122 cm³/mol. The van der Waals surface area contributed by atoms with Crippen LogP contribution in [0.5, 0.6) is 5.75 Å². The molecule has 2 aromatic carbocycles. The average Bonchev–Trinajstić information content (AvgIpc) is 3.06. The van der Waals surface area contributed by atoms with Gasteiger partial charge in [-0.3, -0.25) is 4.72 Å². The van der Waals surface area contributed by atoms with Crippen molar-refractivity contribution in [3.05, 3.63) is 84.2 Å². The van der Waals surface area contributed by atoms with Gasteiger partial charge in [0.1, 0.15) is 11.4 Å². The summed E-state index contributed by atoms with van der Waals surface area (Å²) in [5, 5.41) is 0. The number of nitrogens with one attached hydrogen (secondary N) is 1. The number of rotatable bonds is 7. The molecule has 1 N–H and O–H groups in total. The van der Waals surface area contributed by atoms with Crippen molar-refractivity contribution in [2.75, 3.05) is 31.0 Å². The standard InChI is InChI=1S/C23H22N2O7S/c1-30-18-12-10-16(11-13-18)24-33(28,29)19-8-6-7-17(15-19)25-14-5-4-9-20(22(26)31-2)21(25)23(27)32-3/h4-15,24H,1-3H3. The van der Waals surface area contributed by atoms with Gasteiger partial charge < -0.3 is 19.1 Å². The van der Waals surface area contributed by atoms with E-state index in [0.29, 0.717) is 17.1 Å². The molecule has 0 bridgehead atoms. The topological polar surface area (TPSA) is 111 Å². The van der Waals surface area contributed by atoms with Crippen molar-refractivity contribution in [3.8, 4) is 5.75 Å². The van der Waals surface area contributed by atoms with Crippen molar-refractivity contribution in [2.45, 2.75) is 4.90 Å². The molecule has 33 heavy (non-hydrogen) atoms. The minimum atomic E-state index is -3.96. The van der Waals surface area contributed by atoms with Crippen LogP contribution >= 0.6 is 0 Å². The van der Waals surface area contributed by atoms with E-state index >= 15 is 0 Å². The summed E-state index contributed by atoms with van der Waals surface area (Å²) in [6.07, 6.45) is 6.08. The van der Waals surface area contributed by atoms with Crippen molar-refractivity contribution in [1.29, 1.82) is 0 Å². The number of hydrogen-bond acceptors (Lipinski definition) is 8. The van der Waals surface area contributed by atoms with Crippen LogP contribution in [0.25, 0.3) is 0 Å². The largest absolute Gasteiger partial charge is 0.497 e. The lowest BCUT2D eigenvalue weighted by molar-refractivity contribution is -0.139. The third kappa shape index (κ3) is 5.24. The first-order valence-corrected chi connectivity index (χ1v) is 11.1. The Bertz CT molecular complexity index is 1250. The summed E-state index contributed by atoms with van der Waals surface area (Å²) in [6.45, 7) is 0. The Morgan fingerprint density at radius 2 is 1.61 bits per heavy atom. The molecule has 3 rings (SSSR count). The molecule has 0 amide bonds. The van der Waals surface area contributed by atoms with E-state index in [0.717, 1.165) is 0 Å². The fraction of sp³-hybridized carbons (Fsp3) is 0.130. The fourth-order valence-corrected chi connectivity index (χ4v) is 4.14. The zero-order valence-electron chi connectivity index (χ0n) is 18.1. The van der Waals surface area contributed by atoms with E-state index < -0.39 is 22.0 Å². The van der Waals surface area contributed by atoms with Gasteiger partial charge in [0.25, 0.3) is 10.0 Å². The predicted octanol–water partition coefficient (Wildman–Crippen LogP) is 2.99. The molecule has 0 spiro atoms. The molecule has 0 unspecified atom stereocenters. The van der Waals surface area contributed by atoms with Crippen molar-refractivity contribution < 1.29 is 32.2 Å². The van der Waals surface area contributed by atoms with E-state index in [-0.39, 0.29) is 16.2 Å². The van der Waals surface area contributed by atoms with Gasteiger partial charge in [0.05, 0.1) is 31.8 Å². The number of sulfonamides is 1. The third-order valence-corrected chi connectivity index (χ3v) is 6.02. The van der Waals surface area contributed by atoms with Gasteiger partial charge in [0.15, 0.2) is 0 Å². The van der Waals surface area contributed by atoms with Gasteiger partial charge in [0.2, 0.25) is 0 Å². The van der Waals surface area contributed by atoms with Gasteiger partial charge in [-0.05, 0) is 54.6 Å². The lowest BCUT2D eigenvalue weighted by atomic mass is 10.1. The van der Waals surface area contributed by atoms with Crippen LogP contribution in [0.2, 0.25) is 0 Å². The maximum absolute atomic E-state index is 13.0. The van der Waals surface area contributed by atoms with Gasteiger partial charge >= 0.3 is 11.9 Å². The minimum absolute atomic E-state index is 0.0426. The molecular weight excluding hydrogens is 448 g/mol. The van der Waals surface area contributed by atoms with Crippen LogP contribution in [-0.4, -0.2) is 41.7 Å². The highest BCUT2D eigenvalue weighted by molar-refractivity contribution is 7.92. The number of methoxy groups -OCH3 is 3. The van der Waals surface area contributed by atoms with E-state index in [1.807, 2.05) is 0 Å². The summed E-state index contributed by atoms with van der Waals surface area (Å²) in [5.74, 6) is -0.952. The summed E-state index contributed by atoms with van der Waals surface area (Å²) in [7, 11) is -0.0739. The van der Waals surface area contributed by atoms with E-state index in [4.69, 9.17) is 14.2 Å². The first-order valence-electron chi connectivity index (χ1n) is 9.62. The molecule has 0 saturated heterocycles. The number of nitrogens with zero attached hydrogens (tertiary/aromatic N) is 1. The molecule has 0 fully saturated rings. The Kier molecular flexibility index (Phi) is 7.19. The monoisotopic (exact) mass is 470 g/mol. The Hall–Kier alpha value is -4.05. The quantitative estimate of drug-likeness (QED) is 0.615. The number of esters is 2. The Morgan fingerprint density at radius 3 is 2.24 bits per heavy atom. The molecule has 2 aromatic rings. The summed E-state index contributed by atoms with van der Waals surface area (Å²) in [4.78, 5) is 26.2. The average molecular weight is 471 g/mol. The highest BCUT2D eigenvalue weighted by Crippen LogP contribution is 2.29. The molecule has 0 saturated carbocycles. The second-order valence-corrected chi connectivity index (χ2v) is 8.33. The van der Waals surface area contributed by atoms with Crippen molar-refractivity contribution in [1.82, 2.24) is 0 Å². The first-order chi connectivity index (χ1) is 15.8. The maximum atomic E-state index is 13.0. The SMILES string of the molecule is COC(=O)C1=C(C(=O)OC)N(c2cccc(S(=O)(=O)Nc3ccc(OC)cc3)c2)C=CC=C1. The van der Waals surface area contributed by atoms with Crippen LogP contribution in [0.1, 0.15) is 0 Å². The molecular formula is C23H22N2O7S. The smallest absolute Gasteiger partial charge is 0.355 e. The zero-order valence-corrected chi connectivity index (χ0v) is 19.0. The first kappa shape index (κ1) is 23.6. The van der Waals surface area contributed by atoms with Crippen LogP contribution in [0.3, 0.4) is 0 Å². The normalized spacial score (nSPS) is 13.4. The number of allylic oxidation sites excluding steroid dienone is 2. The van der Waals surface area contributed by atoms with E-state index in [9.17, 15) is 18.0 Å². The van der Waals surface area contributed by atoms with Gasteiger partial charge in [0, 0.05) is 17.6 Å². The fourth-order valence-electron chi connectivity index (χ4n) is 3.04. The molecule has 10 heteroatoms. The van der Waals surface area contributed by atoms with Crippen LogP contribution < -0.4 is 14.4 Å². The van der Waals surface area contributed by atoms with Gasteiger partial charge in [-0.25, -0.2) is 18.0 Å². The highest BCUT2D eigenvalue weighted by Gasteiger charge is 2.28. The molecule has 0 atom stereocenters. The summed E-state index contributed by atoms with van der Waals surface area (Å²) < 4.78 is 43.2. The second-order valence-electron chi connectivity index (χ2n) is 6.65. The van der Waals surface area contributed by atoms with Gasteiger partial charge in [-0.2, -0.15) is 0 Å². The van der Waals surface area contributed by atoms with Gasteiger partial charge in [-0.1, -0.05) is 12.1 Å². The number of carbonyl (C=O) groups excluding carboxylic acids is 2. The molecule has 1 aliphatic heterocycles. The molecule has 9 nitrogen and oxygen atoms in total. The van der Waals surface area contributed by atoms with Gasteiger partial charge in [-0.15, -0.1) is 0 Å². The Labute approximate surface area is 191 Å². The van der Waals surface area contributed by atoms with Crippen LogP contribution in [0.4, 0.5) is 11.4 Å². The third-order valence-electron chi connectivity index (χ3n) is 4.64. The minimum Gasteiger partial charge on any atom is -0.497 e. The van der Waals surface area contributed by atoms with Crippen molar-refractivity contribution >= 4 is 33.3 Å². The zero-order chi connectivity index (χ0) is 24.0. The molecule has 0 radical (unpaired) electrons. The lowest BCUT2D eigenvalue weighted by Crippen LogP contribution is -2.27. The van der Waals surface area contributed by atoms with Crippen molar-refractivity contribution in [3.63, 3.8) is 0 Å². The molecule has 1 aliphatic rings. The molecule has 0 aliphatic carbocycles. The van der Waals surface area contributed by atoms with Crippen LogP contribution in [-0.2, 0) is 29.1 Å². The number of carbonyl (C=O) groups is 2. The number of ether oxygens (including phenoxy) is 3. The molecule has 1 heterocycles. The van der Waals surface area contributed by atoms with E-state index in [1.165, 1.54) is 56.7 Å². The highest BCUT2D eigenvalue weighted by atomic mass is 32.2. The summed E-state index contributed by atoms with van der Waals surface area (Å²) in [6, 6.07) is 12.3. The maximum Gasteiger partial charge on any atom is 0.355 e. The van der Waals surface area contributed by atoms with Crippen molar-refractivity contribution in [2.24, 2.45) is 0 Å². The summed E-state index contributed by atoms with van der Waals surface area (Å²) >= 11 is 0. The molecule has 0 aromatic heterocycles. The lowest BCUT2D eigenvalue weighted by Gasteiger charge is -2.23. The summed E-state index contributed by atoms with van der Waals surface area (Å²) in [5.41, 5.74) is 0.503. The Balaban J connectivity index is 2.03. The number of benzene rings is 2. The van der Waals surface area contributed by atoms with Crippen LogP contribution in [0, 0.1) is 0 Å². The number of hydrogen-bond donors (Lipinski definition) is 1. The Morgan fingerprint density at radius 1 is 0.909 bits per heavy atom. The van der Waals surface area contributed by atoms with Crippen LogP contribution in [0.15, 0.2) is 89.1 Å². The molecule has 172 valence electrons. The number of anilines is 2. The van der Waals surface area contributed by atoms with E-state index in [2.05, 4.69) is 4.72 Å².